The molecule has 1 aliphatic heterocycles. The van der Waals surface area contributed by atoms with Gasteiger partial charge in [0.15, 0.2) is 0 Å². The van der Waals surface area contributed by atoms with Gasteiger partial charge in [-0.2, -0.15) is 0 Å². The molecule has 0 amide bonds. The first-order valence-electron chi connectivity index (χ1n) is 8.87. The van der Waals surface area contributed by atoms with Gasteiger partial charge in [-0.3, -0.25) is 15.0 Å². The zero-order chi connectivity index (χ0) is 18.7. The molecular weight excluding hydrogens is 358 g/mol. The minimum absolute atomic E-state index is 0.0780. The molecular formula is C18H24ClN3O4. The summed E-state index contributed by atoms with van der Waals surface area (Å²) in [5.41, 5.74) is 2.79. The lowest BCUT2D eigenvalue weighted by Crippen LogP contribution is -2.46. The van der Waals surface area contributed by atoms with Gasteiger partial charge in [-0.05, 0) is 25.3 Å². The zero-order valence-corrected chi connectivity index (χ0v) is 15.7. The molecule has 1 aromatic carbocycles. The number of allylic oxidation sites excluding steroid dienone is 1. The molecule has 3 rings (SSSR count). The number of fused-ring (bicyclic) bond motifs is 1. The third-order valence-electron chi connectivity index (χ3n) is 5.12. The average molecular weight is 382 g/mol. The van der Waals surface area contributed by atoms with E-state index in [-0.39, 0.29) is 12.3 Å². The summed E-state index contributed by atoms with van der Waals surface area (Å²) >= 11 is 6.40. The fraction of sp³-hybridized carbons (Fsp3) is 0.556. The summed E-state index contributed by atoms with van der Waals surface area (Å²) in [4.78, 5) is 15.5. The number of ether oxygens (including phenoxy) is 1. The Bertz CT molecular complexity index is 715. The Morgan fingerprint density at radius 1 is 1.31 bits per heavy atom. The van der Waals surface area contributed by atoms with Crippen molar-refractivity contribution in [3.8, 4) is 5.75 Å². The maximum Gasteiger partial charge on any atom is 0.312 e. The van der Waals surface area contributed by atoms with Crippen LogP contribution in [0.15, 0.2) is 11.8 Å². The molecule has 0 radical (unpaired) electrons. The average Bonchev–Trinajstić information content (AvgIpc) is 2.86. The number of piperazine rings is 1. The maximum atomic E-state index is 11.3. The highest BCUT2D eigenvalue weighted by Gasteiger charge is 2.27. The fourth-order valence-corrected chi connectivity index (χ4v) is 4.06. The van der Waals surface area contributed by atoms with Gasteiger partial charge in [0.2, 0.25) is 5.75 Å². The van der Waals surface area contributed by atoms with Gasteiger partial charge in [-0.25, -0.2) is 0 Å². The Kier molecular flexibility index (Phi) is 6.01. The normalized spacial score (nSPS) is 18.1. The van der Waals surface area contributed by atoms with E-state index in [1.807, 2.05) is 0 Å². The Balaban J connectivity index is 1.91. The molecule has 7 nitrogen and oxygen atoms in total. The number of nitro groups is 1. The number of methoxy groups -OCH3 is 1. The van der Waals surface area contributed by atoms with Crippen LogP contribution in [-0.2, 0) is 6.42 Å². The number of benzene rings is 1. The van der Waals surface area contributed by atoms with E-state index < -0.39 is 4.92 Å². The van der Waals surface area contributed by atoms with E-state index in [1.54, 1.807) is 0 Å². The number of halogens is 1. The van der Waals surface area contributed by atoms with Gasteiger partial charge in [0, 0.05) is 55.6 Å². The molecule has 0 atom stereocenters. The van der Waals surface area contributed by atoms with E-state index >= 15 is 0 Å². The largest absolute Gasteiger partial charge is 0.490 e. The Labute approximate surface area is 157 Å². The third kappa shape index (κ3) is 3.79. The predicted molar refractivity (Wildman–Crippen MR) is 101 cm³/mol. The first-order valence-corrected chi connectivity index (χ1v) is 9.25. The Hall–Kier alpha value is -1.83. The van der Waals surface area contributed by atoms with Gasteiger partial charge in [0.25, 0.3) is 0 Å². The lowest BCUT2D eigenvalue weighted by molar-refractivity contribution is -0.385. The second-order valence-electron chi connectivity index (χ2n) is 6.60. The summed E-state index contributed by atoms with van der Waals surface area (Å²) in [6, 6.07) is 1.39. The highest BCUT2D eigenvalue weighted by atomic mass is 35.5. The summed E-state index contributed by atoms with van der Waals surface area (Å²) in [5, 5.41) is 20.8. The van der Waals surface area contributed by atoms with Crippen molar-refractivity contribution in [3.63, 3.8) is 0 Å². The minimum atomic E-state index is -0.444. The van der Waals surface area contributed by atoms with Crippen LogP contribution < -0.4 is 4.74 Å². The van der Waals surface area contributed by atoms with Crippen LogP contribution in [0.4, 0.5) is 5.69 Å². The van der Waals surface area contributed by atoms with Crippen LogP contribution >= 0.6 is 11.6 Å². The molecule has 0 bridgehead atoms. The van der Waals surface area contributed by atoms with Crippen LogP contribution in [0.5, 0.6) is 5.75 Å². The van der Waals surface area contributed by atoms with Gasteiger partial charge in [-0.1, -0.05) is 11.6 Å². The zero-order valence-electron chi connectivity index (χ0n) is 14.9. The van der Waals surface area contributed by atoms with E-state index in [1.165, 1.54) is 18.9 Å². The molecule has 142 valence electrons. The third-order valence-corrected chi connectivity index (χ3v) is 5.43. The summed E-state index contributed by atoms with van der Waals surface area (Å²) in [7, 11) is 1.46. The van der Waals surface area contributed by atoms with E-state index in [0.29, 0.717) is 23.7 Å². The van der Waals surface area contributed by atoms with Crippen LogP contribution in [-0.4, -0.2) is 66.3 Å². The highest BCUT2D eigenvalue weighted by molar-refractivity contribution is 6.32. The van der Waals surface area contributed by atoms with Gasteiger partial charge in [-0.15, -0.1) is 0 Å². The molecule has 2 aliphatic rings. The topological polar surface area (TPSA) is 79.1 Å². The molecule has 26 heavy (non-hydrogen) atoms. The number of β-amino-alcohol motifs (C(OH)–C–C–N with tert-alkyl or cyclic N) is 1. The molecule has 0 saturated carbocycles. The Morgan fingerprint density at radius 2 is 2.04 bits per heavy atom. The van der Waals surface area contributed by atoms with Crippen molar-refractivity contribution in [1.29, 1.82) is 0 Å². The highest BCUT2D eigenvalue weighted by Crippen LogP contribution is 2.41. The van der Waals surface area contributed by atoms with Crippen molar-refractivity contribution in [2.45, 2.75) is 19.3 Å². The number of aliphatic hydroxyl groups is 1. The molecule has 1 aliphatic carbocycles. The van der Waals surface area contributed by atoms with E-state index in [0.717, 1.165) is 50.1 Å². The number of rotatable bonds is 5. The summed E-state index contributed by atoms with van der Waals surface area (Å²) < 4.78 is 5.36. The Morgan fingerprint density at radius 3 is 2.65 bits per heavy atom. The number of nitro benzene ring substituents is 1. The first kappa shape index (κ1) is 18.9. The van der Waals surface area contributed by atoms with Crippen molar-refractivity contribution in [2.24, 2.45) is 0 Å². The van der Waals surface area contributed by atoms with E-state index in [4.69, 9.17) is 21.4 Å². The SMILES string of the molecule is COc1c([N+](=O)[O-])cc(Cl)c2c1CCCC(N1CCN(CCO)CC1)=C2. The standard InChI is InChI=1S/C18H24ClN3O4/c1-26-18-14-4-2-3-13(21-7-5-20(6-8-21)9-10-23)11-15(14)16(19)12-17(18)22(24)25/h11-12,23H,2-10H2,1H3. The van der Waals surface area contributed by atoms with Gasteiger partial charge in [0.05, 0.1) is 23.7 Å². The molecule has 1 fully saturated rings. The van der Waals surface area contributed by atoms with Crippen LogP contribution in [0, 0.1) is 10.1 Å². The lowest BCUT2D eigenvalue weighted by atomic mass is 10.0. The molecule has 1 heterocycles. The number of hydrogen-bond donors (Lipinski definition) is 1. The van der Waals surface area contributed by atoms with Crippen molar-refractivity contribution >= 4 is 23.4 Å². The van der Waals surface area contributed by atoms with E-state index in [9.17, 15) is 10.1 Å². The predicted octanol–water partition coefficient (Wildman–Crippen LogP) is 2.54. The smallest absolute Gasteiger partial charge is 0.312 e. The van der Waals surface area contributed by atoms with Crippen molar-refractivity contribution in [1.82, 2.24) is 9.80 Å². The molecule has 1 aromatic rings. The summed E-state index contributed by atoms with van der Waals surface area (Å²) in [6.07, 6.45) is 4.56. The quantitative estimate of drug-likeness (QED) is 0.623. The monoisotopic (exact) mass is 381 g/mol. The van der Waals surface area contributed by atoms with Gasteiger partial charge in [0.1, 0.15) is 0 Å². The summed E-state index contributed by atoms with van der Waals surface area (Å²) in [6.45, 7) is 4.54. The summed E-state index contributed by atoms with van der Waals surface area (Å²) in [5.74, 6) is 0.319. The van der Waals surface area contributed by atoms with Gasteiger partial charge >= 0.3 is 5.69 Å². The minimum Gasteiger partial charge on any atom is -0.490 e. The molecule has 8 heteroatoms. The lowest BCUT2D eigenvalue weighted by Gasteiger charge is -2.37. The maximum absolute atomic E-state index is 11.3. The molecule has 1 N–H and O–H groups in total. The molecule has 0 unspecified atom stereocenters. The van der Waals surface area contributed by atoms with Crippen molar-refractivity contribution < 1.29 is 14.8 Å². The number of nitrogens with zero attached hydrogens (tertiary/aromatic N) is 3. The second kappa shape index (κ2) is 8.24. The van der Waals surface area contributed by atoms with Crippen molar-refractivity contribution in [3.05, 3.63) is 38.0 Å². The van der Waals surface area contributed by atoms with Crippen LogP contribution in [0.2, 0.25) is 5.02 Å². The fourth-order valence-electron chi connectivity index (χ4n) is 3.79. The van der Waals surface area contributed by atoms with E-state index in [2.05, 4.69) is 15.9 Å². The van der Waals surface area contributed by atoms with Crippen molar-refractivity contribution in [2.75, 3.05) is 46.4 Å². The second-order valence-corrected chi connectivity index (χ2v) is 7.01. The van der Waals surface area contributed by atoms with Crippen LogP contribution in [0.25, 0.3) is 6.08 Å². The number of hydrogen-bond acceptors (Lipinski definition) is 6. The molecule has 0 spiro atoms. The van der Waals surface area contributed by atoms with Crippen LogP contribution in [0.1, 0.15) is 24.0 Å². The first-order chi connectivity index (χ1) is 12.5. The molecule has 0 aromatic heterocycles. The number of aliphatic hydroxyl groups excluding tert-OH is 1. The van der Waals surface area contributed by atoms with Gasteiger partial charge < -0.3 is 14.7 Å². The molecule has 1 saturated heterocycles. The van der Waals surface area contributed by atoms with Crippen LogP contribution in [0.3, 0.4) is 0 Å².